The van der Waals surface area contributed by atoms with E-state index < -0.39 is 0 Å². The molecule has 0 amide bonds. The summed E-state index contributed by atoms with van der Waals surface area (Å²) in [7, 11) is 5.66. The van der Waals surface area contributed by atoms with E-state index in [-0.39, 0.29) is 0 Å². The van der Waals surface area contributed by atoms with Gasteiger partial charge in [-0.15, -0.1) is 11.3 Å². The topological polar surface area (TPSA) is 29.5 Å². The van der Waals surface area contributed by atoms with Crippen LogP contribution in [0.2, 0.25) is 0 Å². The van der Waals surface area contributed by atoms with E-state index in [2.05, 4.69) is 4.90 Å². The molecule has 14 heavy (non-hydrogen) atoms. The molecule has 1 aromatic rings. The molecule has 0 saturated carbocycles. The van der Waals surface area contributed by atoms with Crippen LogP contribution in [0.5, 0.6) is 5.06 Å². The minimum absolute atomic E-state index is 0.659. The van der Waals surface area contributed by atoms with Crippen LogP contribution in [-0.2, 0) is 6.42 Å². The lowest BCUT2D eigenvalue weighted by Crippen LogP contribution is -2.14. The number of aldehydes is 1. The molecule has 4 heteroatoms. The molecule has 0 N–H and O–H groups in total. The molecule has 0 atom stereocenters. The Kier molecular flexibility index (Phi) is 4.10. The van der Waals surface area contributed by atoms with Gasteiger partial charge in [-0.1, -0.05) is 0 Å². The third-order valence-electron chi connectivity index (χ3n) is 1.89. The first kappa shape index (κ1) is 11.2. The van der Waals surface area contributed by atoms with Gasteiger partial charge >= 0.3 is 0 Å². The summed E-state index contributed by atoms with van der Waals surface area (Å²) < 4.78 is 5.10. The van der Waals surface area contributed by atoms with E-state index >= 15 is 0 Å². The van der Waals surface area contributed by atoms with E-state index in [0.29, 0.717) is 10.6 Å². The van der Waals surface area contributed by atoms with Gasteiger partial charge in [0.2, 0.25) is 0 Å². The summed E-state index contributed by atoms with van der Waals surface area (Å²) in [6, 6.07) is 1.90. The largest absolute Gasteiger partial charge is 0.487 e. The van der Waals surface area contributed by atoms with Crippen molar-refractivity contribution in [3.8, 4) is 5.06 Å². The minimum Gasteiger partial charge on any atom is -0.487 e. The first-order valence-electron chi connectivity index (χ1n) is 4.44. The number of rotatable bonds is 5. The van der Waals surface area contributed by atoms with E-state index in [4.69, 9.17) is 4.74 Å². The standard InChI is InChI=1S/C10H15NO2S/c1-11(2)5-4-9-6-8(7-12)10(13-3)14-9/h6-7H,4-5H2,1-3H3. The number of hydrogen-bond acceptors (Lipinski definition) is 4. The van der Waals surface area contributed by atoms with Gasteiger partial charge in [0.1, 0.15) is 0 Å². The summed E-state index contributed by atoms with van der Waals surface area (Å²) in [6.07, 6.45) is 1.80. The van der Waals surface area contributed by atoms with Gasteiger partial charge in [0.15, 0.2) is 11.3 Å². The Morgan fingerprint density at radius 1 is 1.57 bits per heavy atom. The van der Waals surface area contributed by atoms with Gasteiger partial charge in [-0.25, -0.2) is 0 Å². The van der Waals surface area contributed by atoms with Crippen LogP contribution in [0.15, 0.2) is 6.07 Å². The minimum atomic E-state index is 0.659. The van der Waals surface area contributed by atoms with Crippen molar-refractivity contribution in [2.24, 2.45) is 0 Å². The van der Waals surface area contributed by atoms with Gasteiger partial charge in [-0.05, 0) is 26.6 Å². The number of thiophene rings is 1. The normalized spacial score (nSPS) is 10.6. The van der Waals surface area contributed by atoms with Crippen LogP contribution < -0.4 is 4.74 Å². The average molecular weight is 213 g/mol. The molecule has 78 valence electrons. The number of likely N-dealkylation sites (N-methyl/N-ethyl adjacent to an activating group) is 1. The summed E-state index contributed by atoms with van der Waals surface area (Å²) in [6.45, 7) is 0.988. The quantitative estimate of drug-likeness (QED) is 0.697. The highest BCUT2D eigenvalue weighted by molar-refractivity contribution is 7.14. The average Bonchev–Trinajstić information content (AvgIpc) is 2.57. The van der Waals surface area contributed by atoms with E-state index in [1.165, 1.54) is 4.88 Å². The van der Waals surface area contributed by atoms with Gasteiger partial charge in [0, 0.05) is 11.4 Å². The Bertz CT molecular complexity index is 307. The molecule has 0 aliphatic carbocycles. The Balaban J connectivity index is 2.69. The molecule has 0 fully saturated rings. The molecular weight excluding hydrogens is 198 g/mol. The van der Waals surface area contributed by atoms with Gasteiger partial charge in [0.25, 0.3) is 0 Å². The predicted octanol–water partition coefficient (Wildman–Crippen LogP) is 1.67. The first-order chi connectivity index (χ1) is 6.67. The number of methoxy groups -OCH3 is 1. The molecule has 1 heterocycles. The lowest BCUT2D eigenvalue weighted by atomic mass is 10.3. The third-order valence-corrected chi connectivity index (χ3v) is 3.07. The van der Waals surface area contributed by atoms with Crippen molar-refractivity contribution in [2.45, 2.75) is 6.42 Å². The van der Waals surface area contributed by atoms with E-state index in [0.717, 1.165) is 19.3 Å². The molecule has 0 unspecified atom stereocenters. The second-order valence-corrected chi connectivity index (χ2v) is 4.43. The smallest absolute Gasteiger partial charge is 0.184 e. The summed E-state index contributed by atoms with van der Waals surface area (Å²) in [5.74, 6) is 0. The van der Waals surface area contributed by atoms with Crippen molar-refractivity contribution in [3.63, 3.8) is 0 Å². The van der Waals surface area contributed by atoms with E-state index in [1.807, 2.05) is 20.2 Å². The Morgan fingerprint density at radius 2 is 2.29 bits per heavy atom. The fraction of sp³-hybridized carbons (Fsp3) is 0.500. The second kappa shape index (κ2) is 5.12. The maximum absolute atomic E-state index is 10.7. The van der Waals surface area contributed by atoms with E-state index in [1.54, 1.807) is 18.4 Å². The zero-order chi connectivity index (χ0) is 10.6. The SMILES string of the molecule is COc1sc(CCN(C)C)cc1C=O. The fourth-order valence-corrected chi connectivity index (χ4v) is 2.06. The van der Waals surface area contributed by atoms with Crippen molar-refractivity contribution >= 4 is 17.6 Å². The molecule has 3 nitrogen and oxygen atoms in total. The number of carbonyl (C=O) groups excluding carboxylic acids is 1. The molecular formula is C10H15NO2S. The highest BCUT2D eigenvalue weighted by Crippen LogP contribution is 2.29. The Hall–Kier alpha value is -0.870. The molecule has 1 rings (SSSR count). The zero-order valence-corrected chi connectivity index (χ0v) is 9.56. The van der Waals surface area contributed by atoms with Crippen LogP contribution in [0.1, 0.15) is 15.2 Å². The summed E-state index contributed by atoms with van der Waals surface area (Å²) in [4.78, 5) is 14.0. The van der Waals surface area contributed by atoms with Gasteiger partial charge in [0.05, 0.1) is 12.7 Å². The van der Waals surface area contributed by atoms with Crippen LogP contribution >= 0.6 is 11.3 Å². The van der Waals surface area contributed by atoms with Gasteiger partial charge < -0.3 is 9.64 Å². The lowest BCUT2D eigenvalue weighted by Gasteiger charge is -2.06. The molecule has 0 aliphatic rings. The number of ether oxygens (including phenoxy) is 1. The Labute approximate surface area is 88.3 Å². The molecule has 0 spiro atoms. The third kappa shape index (κ3) is 2.82. The molecule has 0 aromatic carbocycles. The summed E-state index contributed by atoms with van der Waals surface area (Å²) in [5, 5.41) is 0.716. The number of nitrogens with zero attached hydrogens (tertiary/aromatic N) is 1. The summed E-state index contributed by atoms with van der Waals surface area (Å²) >= 11 is 1.55. The van der Waals surface area contributed by atoms with Gasteiger partial charge in [-0.3, -0.25) is 4.79 Å². The molecule has 1 aromatic heterocycles. The van der Waals surface area contributed by atoms with Gasteiger partial charge in [-0.2, -0.15) is 0 Å². The molecule has 0 radical (unpaired) electrons. The maximum Gasteiger partial charge on any atom is 0.184 e. The van der Waals surface area contributed by atoms with Crippen LogP contribution in [0.25, 0.3) is 0 Å². The van der Waals surface area contributed by atoms with Crippen molar-refractivity contribution in [1.29, 1.82) is 0 Å². The fourth-order valence-electron chi connectivity index (χ4n) is 1.14. The maximum atomic E-state index is 10.7. The lowest BCUT2D eigenvalue weighted by molar-refractivity contribution is 0.112. The van der Waals surface area contributed by atoms with E-state index in [9.17, 15) is 4.79 Å². The zero-order valence-electron chi connectivity index (χ0n) is 8.74. The highest BCUT2D eigenvalue weighted by Gasteiger charge is 2.08. The van der Waals surface area contributed by atoms with Crippen LogP contribution in [0.4, 0.5) is 0 Å². The molecule has 0 saturated heterocycles. The second-order valence-electron chi connectivity index (χ2n) is 3.33. The Morgan fingerprint density at radius 3 is 2.71 bits per heavy atom. The van der Waals surface area contributed by atoms with Crippen molar-refractivity contribution in [3.05, 3.63) is 16.5 Å². The van der Waals surface area contributed by atoms with Crippen LogP contribution in [0.3, 0.4) is 0 Å². The van der Waals surface area contributed by atoms with Crippen LogP contribution in [-0.4, -0.2) is 38.9 Å². The van der Waals surface area contributed by atoms with Crippen molar-refractivity contribution in [2.75, 3.05) is 27.7 Å². The monoisotopic (exact) mass is 213 g/mol. The van der Waals surface area contributed by atoms with Crippen molar-refractivity contribution in [1.82, 2.24) is 4.90 Å². The highest BCUT2D eigenvalue weighted by atomic mass is 32.1. The number of hydrogen-bond donors (Lipinski definition) is 0. The first-order valence-corrected chi connectivity index (χ1v) is 5.25. The summed E-state index contributed by atoms with van der Waals surface area (Å²) in [5.41, 5.74) is 0.659. The van der Waals surface area contributed by atoms with Crippen molar-refractivity contribution < 1.29 is 9.53 Å². The molecule has 0 bridgehead atoms. The van der Waals surface area contributed by atoms with Crippen LogP contribution in [0, 0.1) is 0 Å². The predicted molar refractivity (Wildman–Crippen MR) is 58.5 cm³/mol. The molecule has 0 aliphatic heterocycles. The number of carbonyl (C=O) groups is 1.